The van der Waals surface area contributed by atoms with E-state index in [-0.39, 0.29) is 22.9 Å². The van der Waals surface area contributed by atoms with Crippen molar-refractivity contribution in [1.82, 2.24) is 25.7 Å². The monoisotopic (exact) mass is 393 g/mol. The molecule has 1 aliphatic heterocycles. The number of phenolic OH excluding ortho intramolecular Hbond substituents is 1. The molecule has 4 rings (SSSR count). The van der Waals surface area contributed by atoms with Gasteiger partial charge in [-0.15, -0.1) is 10.2 Å². The van der Waals surface area contributed by atoms with Crippen LogP contribution in [0.25, 0.3) is 22.4 Å². The Balaban J connectivity index is 1.58. The fourth-order valence-electron chi connectivity index (χ4n) is 4.45. The van der Waals surface area contributed by atoms with Crippen molar-refractivity contribution in [2.24, 2.45) is 0 Å². The summed E-state index contributed by atoms with van der Waals surface area (Å²) in [6, 6.07) is 9.01. The van der Waals surface area contributed by atoms with Gasteiger partial charge in [0.15, 0.2) is 0 Å². The molecule has 29 heavy (non-hydrogen) atoms. The lowest BCUT2D eigenvalue weighted by Crippen LogP contribution is -2.60. The highest BCUT2D eigenvalue weighted by molar-refractivity contribution is 5.85. The van der Waals surface area contributed by atoms with Gasteiger partial charge in [0.2, 0.25) is 5.88 Å². The number of rotatable bonds is 4. The van der Waals surface area contributed by atoms with E-state index >= 15 is 0 Å². The van der Waals surface area contributed by atoms with E-state index in [9.17, 15) is 5.11 Å². The Bertz CT molecular complexity index is 965. The van der Waals surface area contributed by atoms with Gasteiger partial charge in [-0.1, -0.05) is 12.1 Å². The van der Waals surface area contributed by atoms with Crippen molar-refractivity contribution < 1.29 is 9.84 Å². The van der Waals surface area contributed by atoms with Crippen molar-refractivity contribution in [2.75, 3.05) is 0 Å². The van der Waals surface area contributed by atoms with Crippen molar-refractivity contribution in [2.45, 2.75) is 57.7 Å². The molecule has 0 spiro atoms. The smallest absolute Gasteiger partial charge is 0.233 e. The summed E-state index contributed by atoms with van der Waals surface area (Å²) in [4.78, 5) is 0. The van der Waals surface area contributed by atoms with Gasteiger partial charge in [-0.25, -0.2) is 0 Å². The van der Waals surface area contributed by atoms with Gasteiger partial charge in [-0.2, -0.15) is 5.10 Å². The van der Waals surface area contributed by atoms with Crippen LogP contribution in [0.2, 0.25) is 0 Å². The Morgan fingerprint density at radius 3 is 2.41 bits per heavy atom. The second kappa shape index (κ2) is 7.15. The second-order valence-electron chi connectivity index (χ2n) is 8.98. The number of phenols is 1. The molecule has 7 nitrogen and oxygen atoms in total. The molecule has 1 aliphatic rings. The highest BCUT2D eigenvalue weighted by Gasteiger charge is 2.38. The minimum absolute atomic E-state index is 0.00485. The lowest BCUT2D eigenvalue weighted by molar-refractivity contribution is 0.0524. The summed E-state index contributed by atoms with van der Waals surface area (Å²) in [6.45, 7) is 8.76. The molecule has 2 aromatic heterocycles. The number of hydrogen-bond donors (Lipinski definition) is 3. The van der Waals surface area contributed by atoms with Crippen LogP contribution in [0, 0.1) is 0 Å². The largest absolute Gasteiger partial charge is 0.507 e. The second-order valence-corrected chi connectivity index (χ2v) is 8.98. The predicted molar refractivity (Wildman–Crippen MR) is 112 cm³/mol. The molecule has 3 N–H and O–H groups in total. The minimum Gasteiger partial charge on any atom is -0.507 e. The van der Waals surface area contributed by atoms with Gasteiger partial charge in [0.05, 0.1) is 17.5 Å². The van der Waals surface area contributed by atoms with Crippen LogP contribution in [0.1, 0.15) is 40.5 Å². The Morgan fingerprint density at radius 1 is 1.03 bits per heavy atom. The maximum atomic E-state index is 10.5. The number of aromatic hydroxyl groups is 1. The zero-order chi connectivity index (χ0) is 20.6. The summed E-state index contributed by atoms with van der Waals surface area (Å²) in [5.41, 5.74) is 2.90. The van der Waals surface area contributed by atoms with Gasteiger partial charge in [0.1, 0.15) is 11.9 Å². The van der Waals surface area contributed by atoms with Gasteiger partial charge in [-0.3, -0.25) is 5.10 Å². The van der Waals surface area contributed by atoms with E-state index in [1.54, 1.807) is 24.5 Å². The molecule has 1 aromatic carbocycles. The summed E-state index contributed by atoms with van der Waals surface area (Å²) in [7, 11) is 0. The van der Waals surface area contributed by atoms with Crippen LogP contribution >= 0.6 is 0 Å². The van der Waals surface area contributed by atoms with E-state index in [0.717, 1.165) is 24.0 Å². The van der Waals surface area contributed by atoms with E-state index in [1.807, 2.05) is 18.2 Å². The molecule has 0 amide bonds. The molecule has 3 aromatic rings. The molecular weight excluding hydrogens is 366 g/mol. The molecule has 152 valence electrons. The number of ether oxygens (including phenoxy) is 1. The quantitative estimate of drug-likeness (QED) is 0.622. The maximum Gasteiger partial charge on any atom is 0.233 e. The fraction of sp³-hybridized carbons (Fsp3) is 0.409. The van der Waals surface area contributed by atoms with Crippen LogP contribution < -0.4 is 10.1 Å². The normalized spacial score (nSPS) is 18.5. The third-order valence-corrected chi connectivity index (χ3v) is 5.19. The summed E-state index contributed by atoms with van der Waals surface area (Å²) < 4.78 is 6.16. The summed E-state index contributed by atoms with van der Waals surface area (Å²) in [5.74, 6) is 0.640. The Kier molecular flexibility index (Phi) is 4.78. The number of nitrogens with zero attached hydrogens (tertiary/aromatic N) is 3. The third-order valence-electron chi connectivity index (χ3n) is 5.19. The lowest BCUT2D eigenvalue weighted by atomic mass is 9.81. The van der Waals surface area contributed by atoms with E-state index in [2.05, 4.69) is 53.4 Å². The molecule has 1 fully saturated rings. The molecule has 0 aliphatic carbocycles. The van der Waals surface area contributed by atoms with Crippen LogP contribution in [-0.4, -0.2) is 42.7 Å². The van der Waals surface area contributed by atoms with Crippen molar-refractivity contribution in [3.05, 3.63) is 42.7 Å². The number of hydrogen-bond acceptors (Lipinski definition) is 6. The predicted octanol–water partition coefficient (Wildman–Crippen LogP) is 3.93. The van der Waals surface area contributed by atoms with Gasteiger partial charge in [-0.05, 0) is 45.4 Å². The first-order valence-corrected chi connectivity index (χ1v) is 9.84. The highest BCUT2D eigenvalue weighted by Crippen LogP contribution is 2.37. The van der Waals surface area contributed by atoms with Crippen LogP contribution in [-0.2, 0) is 0 Å². The zero-order valence-corrected chi connectivity index (χ0v) is 17.2. The summed E-state index contributed by atoms with van der Waals surface area (Å²) in [6.07, 6.45) is 5.34. The average molecular weight is 393 g/mol. The first-order chi connectivity index (χ1) is 13.7. The maximum absolute atomic E-state index is 10.5. The Morgan fingerprint density at radius 2 is 1.79 bits per heavy atom. The highest BCUT2D eigenvalue weighted by atomic mass is 16.5. The number of piperidine rings is 1. The molecular formula is C22H27N5O2. The minimum atomic E-state index is -0.00485. The van der Waals surface area contributed by atoms with Crippen molar-refractivity contribution in [3.8, 4) is 34.0 Å². The Hall–Kier alpha value is -2.93. The van der Waals surface area contributed by atoms with E-state index in [0.29, 0.717) is 17.1 Å². The number of aromatic amines is 1. The number of nitrogens with one attached hydrogen (secondary N) is 2. The van der Waals surface area contributed by atoms with Crippen molar-refractivity contribution >= 4 is 0 Å². The lowest BCUT2D eigenvalue weighted by Gasteiger charge is -2.46. The molecule has 1 saturated heterocycles. The molecule has 3 heterocycles. The standard InChI is InChI=1S/C22H27N5O2/c1-21(2)10-15(11-22(3,4)27-21)29-19-9-8-17(25-26-19)20-16(6-5-7-18(20)28)14-12-23-24-13-14/h5-9,12-13,15,27-28H,10-11H2,1-4H3,(H,23,24). The SMILES string of the molecule is CC1(C)CC(Oc2ccc(-c3c(O)cccc3-c3cn[nH]c3)nn2)CC(C)(C)N1. The van der Waals surface area contributed by atoms with Crippen LogP contribution in [0.4, 0.5) is 0 Å². The first kappa shape index (κ1) is 19.4. The molecule has 0 saturated carbocycles. The molecule has 0 unspecified atom stereocenters. The first-order valence-electron chi connectivity index (χ1n) is 9.84. The van der Waals surface area contributed by atoms with Crippen molar-refractivity contribution in [1.29, 1.82) is 0 Å². The van der Waals surface area contributed by atoms with Crippen molar-refractivity contribution in [3.63, 3.8) is 0 Å². The van der Waals surface area contributed by atoms with Crippen LogP contribution in [0.3, 0.4) is 0 Å². The van der Waals surface area contributed by atoms with E-state index in [1.165, 1.54) is 0 Å². The molecule has 7 heteroatoms. The molecule has 0 radical (unpaired) electrons. The van der Waals surface area contributed by atoms with Crippen LogP contribution in [0.15, 0.2) is 42.7 Å². The summed E-state index contributed by atoms with van der Waals surface area (Å²) in [5, 5.41) is 29.5. The number of benzene rings is 1. The number of H-pyrrole nitrogens is 1. The van der Waals surface area contributed by atoms with Gasteiger partial charge >= 0.3 is 0 Å². The van der Waals surface area contributed by atoms with Crippen LogP contribution in [0.5, 0.6) is 11.6 Å². The average Bonchev–Trinajstić information content (AvgIpc) is 3.14. The van der Waals surface area contributed by atoms with E-state index in [4.69, 9.17) is 4.74 Å². The van der Waals surface area contributed by atoms with E-state index < -0.39 is 0 Å². The fourth-order valence-corrected chi connectivity index (χ4v) is 4.45. The topological polar surface area (TPSA) is 96.0 Å². The van der Waals surface area contributed by atoms with Gasteiger partial charge < -0.3 is 15.2 Å². The van der Waals surface area contributed by atoms with Gasteiger partial charge in [0.25, 0.3) is 0 Å². The zero-order valence-electron chi connectivity index (χ0n) is 17.2. The number of aromatic nitrogens is 4. The third kappa shape index (κ3) is 4.24. The summed E-state index contributed by atoms with van der Waals surface area (Å²) >= 11 is 0. The molecule has 0 bridgehead atoms. The van der Waals surface area contributed by atoms with Gasteiger partial charge in [0, 0.05) is 41.7 Å². The molecule has 0 atom stereocenters. The Labute approximate surface area is 170 Å².